The molecule has 0 aromatic heterocycles. The number of hydrogen-bond donors (Lipinski definition) is 1. The molecule has 0 aliphatic rings. The number of aryl methyl sites for hydroxylation is 1. The maximum atomic E-state index is 11.2. The van der Waals surface area contributed by atoms with Crippen molar-refractivity contribution in [3.63, 3.8) is 0 Å². The van der Waals surface area contributed by atoms with Gasteiger partial charge in [-0.15, -0.1) is 0 Å². The molecular formula is C12H18N2O. The van der Waals surface area contributed by atoms with E-state index in [0.29, 0.717) is 0 Å². The largest absolute Gasteiger partial charge is 0.341 e. The molecule has 0 aliphatic heterocycles. The maximum Gasteiger partial charge on any atom is 0.316 e. The fraction of sp³-hybridized carbons (Fsp3) is 0.417. The van der Waals surface area contributed by atoms with Crippen molar-refractivity contribution in [1.29, 1.82) is 0 Å². The number of urea groups is 1. The number of rotatable bonds is 3. The Kier molecular flexibility index (Phi) is 4.16. The zero-order valence-corrected chi connectivity index (χ0v) is 9.58. The molecule has 0 spiro atoms. The highest BCUT2D eigenvalue weighted by atomic mass is 16.2. The summed E-state index contributed by atoms with van der Waals surface area (Å²) < 4.78 is 0. The Hall–Kier alpha value is -1.51. The SMILES string of the molecule is CNC(=O)N(C)CCc1cccc(C)c1. The lowest BCUT2D eigenvalue weighted by Gasteiger charge is -2.16. The van der Waals surface area contributed by atoms with Crippen LogP contribution in [0.25, 0.3) is 0 Å². The topological polar surface area (TPSA) is 32.3 Å². The number of carbonyl (C=O) groups excluding carboxylic acids is 1. The van der Waals surface area contributed by atoms with E-state index in [4.69, 9.17) is 0 Å². The lowest BCUT2D eigenvalue weighted by atomic mass is 10.1. The highest BCUT2D eigenvalue weighted by Crippen LogP contribution is 2.05. The van der Waals surface area contributed by atoms with Gasteiger partial charge in [0.05, 0.1) is 0 Å². The van der Waals surface area contributed by atoms with Crippen molar-refractivity contribution in [2.75, 3.05) is 20.6 Å². The van der Waals surface area contributed by atoms with Crippen LogP contribution in [0.2, 0.25) is 0 Å². The minimum atomic E-state index is -0.0392. The van der Waals surface area contributed by atoms with E-state index in [9.17, 15) is 4.79 Å². The van der Waals surface area contributed by atoms with Gasteiger partial charge in [0.15, 0.2) is 0 Å². The van der Waals surface area contributed by atoms with Crippen LogP contribution in [0.15, 0.2) is 24.3 Å². The van der Waals surface area contributed by atoms with Gasteiger partial charge in [-0.25, -0.2) is 4.79 Å². The van der Waals surface area contributed by atoms with Gasteiger partial charge in [0, 0.05) is 20.6 Å². The third-order valence-electron chi connectivity index (χ3n) is 2.38. The van der Waals surface area contributed by atoms with Crippen molar-refractivity contribution < 1.29 is 4.79 Å². The van der Waals surface area contributed by atoms with Gasteiger partial charge >= 0.3 is 6.03 Å². The van der Waals surface area contributed by atoms with Gasteiger partial charge in [-0.2, -0.15) is 0 Å². The average molecular weight is 206 g/mol. The molecule has 0 radical (unpaired) electrons. The van der Waals surface area contributed by atoms with Crippen LogP contribution in [0, 0.1) is 6.92 Å². The van der Waals surface area contributed by atoms with Crippen molar-refractivity contribution in [3.8, 4) is 0 Å². The first-order chi connectivity index (χ1) is 7.13. The number of nitrogens with zero attached hydrogens (tertiary/aromatic N) is 1. The van der Waals surface area contributed by atoms with Gasteiger partial charge in [-0.1, -0.05) is 29.8 Å². The summed E-state index contributed by atoms with van der Waals surface area (Å²) in [5.74, 6) is 0. The van der Waals surface area contributed by atoms with Crippen LogP contribution in [-0.4, -0.2) is 31.6 Å². The predicted octanol–water partition coefficient (Wildman–Crippen LogP) is 1.81. The molecule has 82 valence electrons. The first kappa shape index (κ1) is 11.6. The van der Waals surface area contributed by atoms with Gasteiger partial charge in [0.1, 0.15) is 0 Å². The van der Waals surface area contributed by atoms with Crippen molar-refractivity contribution in [3.05, 3.63) is 35.4 Å². The normalized spacial score (nSPS) is 9.80. The monoisotopic (exact) mass is 206 g/mol. The second-order valence-electron chi connectivity index (χ2n) is 3.72. The molecule has 0 heterocycles. The number of likely N-dealkylation sites (N-methyl/N-ethyl adjacent to an activating group) is 1. The number of carbonyl (C=O) groups is 1. The van der Waals surface area contributed by atoms with Crippen LogP contribution < -0.4 is 5.32 Å². The van der Waals surface area contributed by atoms with Gasteiger partial charge in [-0.05, 0) is 18.9 Å². The minimum absolute atomic E-state index is 0.0392. The van der Waals surface area contributed by atoms with Crippen molar-refractivity contribution in [1.82, 2.24) is 10.2 Å². The molecule has 1 aromatic carbocycles. The smallest absolute Gasteiger partial charge is 0.316 e. The highest BCUT2D eigenvalue weighted by Gasteiger charge is 2.04. The van der Waals surface area contributed by atoms with Gasteiger partial charge < -0.3 is 10.2 Å². The van der Waals surface area contributed by atoms with Crippen LogP contribution in [0.5, 0.6) is 0 Å². The molecule has 1 N–H and O–H groups in total. The molecule has 0 bridgehead atoms. The predicted molar refractivity (Wildman–Crippen MR) is 62.0 cm³/mol. The lowest BCUT2D eigenvalue weighted by molar-refractivity contribution is 0.211. The molecule has 1 aromatic rings. The van der Waals surface area contributed by atoms with Crippen LogP contribution in [-0.2, 0) is 6.42 Å². The minimum Gasteiger partial charge on any atom is -0.341 e. The molecule has 0 aliphatic carbocycles. The second-order valence-corrected chi connectivity index (χ2v) is 3.72. The van der Waals surface area contributed by atoms with E-state index in [2.05, 4.69) is 30.4 Å². The summed E-state index contributed by atoms with van der Waals surface area (Å²) in [6.07, 6.45) is 0.894. The van der Waals surface area contributed by atoms with Crippen molar-refractivity contribution in [2.45, 2.75) is 13.3 Å². The zero-order valence-electron chi connectivity index (χ0n) is 9.58. The van der Waals surface area contributed by atoms with Crippen LogP contribution in [0.3, 0.4) is 0 Å². The summed E-state index contributed by atoms with van der Waals surface area (Å²) in [6.45, 7) is 2.81. The average Bonchev–Trinajstić information content (AvgIpc) is 2.25. The molecule has 15 heavy (non-hydrogen) atoms. The molecule has 0 saturated heterocycles. The molecule has 3 nitrogen and oxygen atoms in total. The number of amides is 2. The van der Waals surface area contributed by atoms with Gasteiger partial charge in [0.25, 0.3) is 0 Å². The van der Waals surface area contributed by atoms with E-state index < -0.39 is 0 Å². The van der Waals surface area contributed by atoms with Gasteiger partial charge in [0.2, 0.25) is 0 Å². The number of nitrogens with one attached hydrogen (secondary N) is 1. The third kappa shape index (κ3) is 3.62. The molecule has 3 heteroatoms. The van der Waals surface area contributed by atoms with Crippen LogP contribution in [0.1, 0.15) is 11.1 Å². The third-order valence-corrected chi connectivity index (χ3v) is 2.38. The number of benzene rings is 1. The molecule has 0 fully saturated rings. The molecule has 0 atom stereocenters. The summed E-state index contributed by atoms with van der Waals surface area (Å²) in [7, 11) is 3.44. The summed E-state index contributed by atoms with van der Waals surface area (Å²) in [5.41, 5.74) is 2.53. The first-order valence-corrected chi connectivity index (χ1v) is 5.12. The molecule has 0 unspecified atom stereocenters. The Morgan fingerprint density at radius 3 is 2.80 bits per heavy atom. The van der Waals surface area contributed by atoms with Crippen molar-refractivity contribution >= 4 is 6.03 Å². The standard InChI is InChI=1S/C12H18N2O/c1-10-5-4-6-11(9-10)7-8-14(3)12(15)13-2/h4-6,9H,7-8H2,1-3H3,(H,13,15). The summed E-state index contributed by atoms with van der Waals surface area (Å²) in [4.78, 5) is 12.9. The lowest BCUT2D eigenvalue weighted by Crippen LogP contribution is -2.36. The van der Waals surface area contributed by atoms with Crippen molar-refractivity contribution in [2.24, 2.45) is 0 Å². The maximum absolute atomic E-state index is 11.2. The summed E-state index contributed by atoms with van der Waals surface area (Å²) in [5, 5.41) is 2.60. The zero-order chi connectivity index (χ0) is 11.3. The summed E-state index contributed by atoms with van der Waals surface area (Å²) >= 11 is 0. The molecule has 2 amide bonds. The Bertz CT molecular complexity index is 336. The molecule has 0 saturated carbocycles. The fourth-order valence-electron chi connectivity index (χ4n) is 1.46. The van der Waals surface area contributed by atoms with E-state index in [1.807, 2.05) is 6.07 Å². The Balaban J connectivity index is 2.47. The Labute approximate surface area is 91.1 Å². The van der Waals surface area contributed by atoms with Crippen LogP contribution >= 0.6 is 0 Å². The van der Waals surface area contributed by atoms with E-state index in [1.165, 1.54) is 11.1 Å². The first-order valence-electron chi connectivity index (χ1n) is 5.12. The number of hydrogen-bond acceptors (Lipinski definition) is 1. The Morgan fingerprint density at radius 2 is 2.20 bits per heavy atom. The fourth-order valence-corrected chi connectivity index (χ4v) is 1.46. The van der Waals surface area contributed by atoms with Gasteiger partial charge in [-0.3, -0.25) is 0 Å². The van der Waals surface area contributed by atoms with E-state index in [1.54, 1.807) is 19.0 Å². The molecule has 1 rings (SSSR count). The second kappa shape index (κ2) is 5.39. The highest BCUT2D eigenvalue weighted by molar-refractivity contribution is 5.73. The summed E-state index contributed by atoms with van der Waals surface area (Å²) in [6, 6.07) is 8.32. The quantitative estimate of drug-likeness (QED) is 0.803. The van der Waals surface area contributed by atoms with E-state index in [-0.39, 0.29) is 6.03 Å². The molecular weight excluding hydrogens is 188 g/mol. The van der Waals surface area contributed by atoms with E-state index in [0.717, 1.165) is 13.0 Å². The van der Waals surface area contributed by atoms with E-state index >= 15 is 0 Å². The van der Waals surface area contributed by atoms with Crippen LogP contribution in [0.4, 0.5) is 4.79 Å². The Morgan fingerprint density at radius 1 is 1.47 bits per heavy atom.